The molecule has 0 bridgehead atoms. The average Bonchev–Trinajstić information content (AvgIpc) is 2.80. The molecule has 7 heteroatoms. The molecule has 2 aliphatic carbocycles. The molecule has 0 radical (unpaired) electrons. The van der Waals surface area contributed by atoms with Crippen molar-refractivity contribution in [2.24, 2.45) is 17.8 Å². The van der Waals surface area contributed by atoms with Crippen LogP contribution in [0.25, 0.3) is 0 Å². The van der Waals surface area contributed by atoms with E-state index >= 15 is 0 Å². The Morgan fingerprint density at radius 3 is 2.33 bits per heavy atom. The Bertz CT molecular complexity index is 539. The molecule has 2 aliphatic heterocycles. The number of hydrogen-bond donors (Lipinski definition) is 4. The molecule has 0 aromatic carbocycles. The van der Waals surface area contributed by atoms with E-state index in [1.807, 2.05) is 12.0 Å². The third-order valence-electron chi connectivity index (χ3n) is 8.09. The molecule has 2 heterocycles. The number of nitrogens with zero attached hydrogens (tertiary/aromatic N) is 1. The molecule has 4 fully saturated rings. The molecule has 4 rings (SSSR count). The second-order valence-electron chi connectivity index (χ2n) is 10.1. The summed E-state index contributed by atoms with van der Waals surface area (Å²) in [5.41, 5.74) is 0. The summed E-state index contributed by atoms with van der Waals surface area (Å²) in [5, 5.41) is 20.8. The lowest BCUT2D eigenvalue weighted by Gasteiger charge is -2.41. The molecule has 7 nitrogen and oxygen atoms in total. The van der Waals surface area contributed by atoms with Crippen molar-refractivity contribution in [2.75, 3.05) is 33.3 Å². The number of carbonyl (C=O) groups is 1. The van der Waals surface area contributed by atoms with Gasteiger partial charge in [0.15, 0.2) is 0 Å². The minimum atomic E-state index is -0.225. The number of aliphatic hydroxyl groups is 1. The molecule has 2 unspecified atom stereocenters. The van der Waals surface area contributed by atoms with E-state index in [-0.39, 0.29) is 18.3 Å². The van der Waals surface area contributed by atoms with Gasteiger partial charge in [0.1, 0.15) is 6.29 Å². The maximum absolute atomic E-state index is 12.9. The van der Waals surface area contributed by atoms with Gasteiger partial charge in [0, 0.05) is 45.2 Å². The van der Waals surface area contributed by atoms with E-state index in [9.17, 15) is 9.90 Å². The highest BCUT2D eigenvalue weighted by Crippen LogP contribution is 2.32. The Morgan fingerprint density at radius 1 is 0.967 bits per heavy atom. The number of hydrogen-bond acceptors (Lipinski definition) is 6. The maximum Gasteiger partial charge on any atom is 0.225 e. The van der Waals surface area contributed by atoms with Gasteiger partial charge in [0.25, 0.3) is 0 Å². The molecule has 2 saturated carbocycles. The number of rotatable bonds is 5. The monoisotopic (exact) mass is 422 g/mol. The quantitative estimate of drug-likeness (QED) is 0.536. The number of methoxy groups -OCH3 is 1. The van der Waals surface area contributed by atoms with Crippen LogP contribution in [-0.4, -0.2) is 73.7 Å². The highest BCUT2D eigenvalue weighted by molar-refractivity contribution is 5.79. The molecule has 0 spiro atoms. The van der Waals surface area contributed by atoms with Crippen LogP contribution in [0, 0.1) is 17.8 Å². The summed E-state index contributed by atoms with van der Waals surface area (Å²) in [5.74, 6) is 1.96. The standard InChI is InChI=1S/C23H42N4O3/c1-30-21-7-5-16(6-8-21)18-14-24-23(25-15-18)26-19-4-2-3-17(13-19)22(29)27-11-9-20(28)10-12-27/h16-21,23-26,28H,2-15H2,1H3. The topological polar surface area (TPSA) is 85.9 Å². The van der Waals surface area contributed by atoms with Gasteiger partial charge < -0.3 is 14.7 Å². The van der Waals surface area contributed by atoms with Gasteiger partial charge in [-0.3, -0.25) is 20.7 Å². The van der Waals surface area contributed by atoms with Gasteiger partial charge in [-0.05, 0) is 69.6 Å². The molecule has 2 saturated heterocycles. The fraction of sp³-hybridized carbons (Fsp3) is 0.957. The van der Waals surface area contributed by atoms with Gasteiger partial charge >= 0.3 is 0 Å². The fourth-order valence-electron chi connectivity index (χ4n) is 6.08. The first-order valence-electron chi connectivity index (χ1n) is 12.3. The van der Waals surface area contributed by atoms with E-state index < -0.39 is 0 Å². The minimum absolute atomic E-state index is 0.138. The van der Waals surface area contributed by atoms with E-state index in [1.165, 1.54) is 25.7 Å². The Hall–Kier alpha value is -0.730. The van der Waals surface area contributed by atoms with E-state index in [4.69, 9.17) is 4.74 Å². The highest BCUT2D eigenvalue weighted by atomic mass is 16.5. The number of aliphatic hydroxyl groups excluding tert-OH is 1. The lowest BCUT2D eigenvalue weighted by molar-refractivity contribution is -0.138. The van der Waals surface area contributed by atoms with Crippen LogP contribution >= 0.6 is 0 Å². The number of likely N-dealkylation sites (tertiary alicyclic amines) is 1. The summed E-state index contributed by atoms with van der Waals surface area (Å²) in [7, 11) is 1.84. The van der Waals surface area contributed by atoms with Crippen LogP contribution in [0.5, 0.6) is 0 Å². The molecule has 2 atom stereocenters. The van der Waals surface area contributed by atoms with Crippen LogP contribution in [-0.2, 0) is 9.53 Å². The van der Waals surface area contributed by atoms with Crippen molar-refractivity contribution < 1.29 is 14.6 Å². The molecule has 172 valence electrons. The molecule has 1 amide bonds. The van der Waals surface area contributed by atoms with Crippen molar-refractivity contribution in [3.63, 3.8) is 0 Å². The van der Waals surface area contributed by atoms with Crippen molar-refractivity contribution in [1.29, 1.82) is 0 Å². The smallest absolute Gasteiger partial charge is 0.225 e. The van der Waals surface area contributed by atoms with Crippen LogP contribution in [0.3, 0.4) is 0 Å². The third-order valence-corrected chi connectivity index (χ3v) is 8.09. The normalized spacial score (nSPS) is 39.1. The Kier molecular flexibility index (Phi) is 8.03. The number of nitrogens with one attached hydrogen (secondary N) is 3. The predicted octanol–water partition coefficient (Wildman–Crippen LogP) is 1.42. The summed E-state index contributed by atoms with van der Waals surface area (Å²) in [4.78, 5) is 14.9. The van der Waals surface area contributed by atoms with E-state index in [2.05, 4.69) is 16.0 Å². The second-order valence-corrected chi connectivity index (χ2v) is 10.1. The van der Waals surface area contributed by atoms with E-state index in [0.717, 1.165) is 57.5 Å². The van der Waals surface area contributed by atoms with Gasteiger partial charge in [-0.2, -0.15) is 0 Å². The van der Waals surface area contributed by atoms with Gasteiger partial charge in [-0.25, -0.2) is 0 Å². The van der Waals surface area contributed by atoms with Crippen LogP contribution in [0.1, 0.15) is 64.2 Å². The van der Waals surface area contributed by atoms with Gasteiger partial charge in [0.2, 0.25) is 5.91 Å². The lowest BCUT2D eigenvalue weighted by atomic mass is 9.78. The number of piperidine rings is 1. The zero-order valence-electron chi connectivity index (χ0n) is 18.7. The second kappa shape index (κ2) is 10.7. The van der Waals surface area contributed by atoms with Crippen LogP contribution in [0.2, 0.25) is 0 Å². The SMILES string of the molecule is COC1CCC(C2CNC(NC3CCCC(C(=O)N4CCC(O)CC4)C3)NC2)CC1. The summed E-state index contributed by atoms with van der Waals surface area (Å²) in [6.45, 7) is 3.57. The summed E-state index contributed by atoms with van der Waals surface area (Å²) in [6.07, 6.45) is 11.0. The zero-order chi connectivity index (χ0) is 20.9. The number of ether oxygens (including phenoxy) is 1. The van der Waals surface area contributed by atoms with E-state index in [0.29, 0.717) is 37.1 Å². The third kappa shape index (κ3) is 5.74. The number of amides is 1. The van der Waals surface area contributed by atoms with Crippen LogP contribution in [0.4, 0.5) is 0 Å². The Balaban J connectivity index is 1.18. The Morgan fingerprint density at radius 2 is 1.67 bits per heavy atom. The molecule has 0 aromatic heterocycles. The van der Waals surface area contributed by atoms with E-state index in [1.54, 1.807) is 0 Å². The molecule has 0 aromatic rings. The van der Waals surface area contributed by atoms with Crippen molar-refractivity contribution in [3.05, 3.63) is 0 Å². The molecular formula is C23H42N4O3. The van der Waals surface area contributed by atoms with Crippen molar-refractivity contribution in [1.82, 2.24) is 20.9 Å². The largest absolute Gasteiger partial charge is 0.393 e. The first-order valence-corrected chi connectivity index (χ1v) is 12.3. The highest BCUT2D eigenvalue weighted by Gasteiger charge is 2.34. The average molecular weight is 423 g/mol. The van der Waals surface area contributed by atoms with Crippen molar-refractivity contribution in [3.8, 4) is 0 Å². The maximum atomic E-state index is 12.9. The predicted molar refractivity (Wildman–Crippen MR) is 117 cm³/mol. The lowest BCUT2D eigenvalue weighted by Crippen LogP contribution is -2.63. The van der Waals surface area contributed by atoms with Crippen LogP contribution in [0.15, 0.2) is 0 Å². The summed E-state index contributed by atoms with van der Waals surface area (Å²) in [6, 6.07) is 0.391. The van der Waals surface area contributed by atoms with Gasteiger partial charge in [-0.1, -0.05) is 6.42 Å². The minimum Gasteiger partial charge on any atom is -0.393 e. The fourth-order valence-corrected chi connectivity index (χ4v) is 6.08. The van der Waals surface area contributed by atoms with Crippen LogP contribution < -0.4 is 16.0 Å². The molecule has 4 aliphatic rings. The molecular weight excluding hydrogens is 380 g/mol. The first-order chi connectivity index (χ1) is 14.6. The zero-order valence-corrected chi connectivity index (χ0v) is 18.7. The van der Waals surface area contributed by atoms with Crippen molar-refractivity contribution >= 4 is 5.91 Å². The molecule has 4 N–H and O–H groups in total. The Labute approximate surface area is 181 Å². The first kappa shape index (κ1) is 22.5. The van der Waals surface area contributed by atoms with Crippen molar-refractivity contribution in [2.45, 2.75) is 88.7 Å². The molecule has 30 heavy (non-hydrogen) atoms. The number of carbonyl (C=O) groups excluding carboxylic acids is 1. The van der Waals surface area contributed by atoms with Gasteiger partial charge in [0.05, 0.1) is 12.2 Å². The summed E-state index contributed by atoms with van der Waals surface area (Å²) >= 11 is 0. The van der Waals surface area contributed by atoms with Gasteiger partial charge in [-0.15, -0.1) is 0 Å². The summed E-state index contributed by atoms with van der Waals surface area (Å²) < 4.78 is 5.52.